The molecule has 0 unspecified atom stereocenters. The standard InChI is InChI=1S/C19H22F4N4O4/c20-13-7-12(3-4-14(13)27-5-6-31-9-15(27)28)25-18(30)16(17(24)29)26(8-11-1-2-11)10-19(21,22)23/h3-4,7,11,16H,1-2,5-6,8-10H2,(H2,24,29)(H,25,30)/t16-/m1/s1. The summed E-state index contributed by atoms with van der Waals surface area (Å²) in [5.41, 5.74) is 5.13. The molecule has 1 aliphatic carbocycles. The molecule has 2 fully saturated rings. The summed E-state index contributed by atoms with van der Waals surface area (Å²) in [5.74, 6) is -3.63. The number of anilines is 2. The second-order valence-corrected chi connectivity index (χ2v) is 7.55. The lowest BCUT2D eigenvalue weighted by atomic mass is 10.1. The molecule has 1 aromatic carbocycles. The van der Waals surface area contributed by atoms with Crippen molar-refractivity contribution in [2.24, 2.45) is 11.7 Å². The number of benzene rings is 1. The number of primary amides is 1. The first-order chi connectivity index (χ1) is 14.5. The van der Waals surface area contributed by atoms with Crippen LogP contribution in [0.15, 0.2) is 18.2 Å². The minimum atomic E-state index is -4.64. The van der Waals surface area contributed by atoms with Crippen LogP contribution in [0, 0.1) is 11.7 Å². The van der Waals surface area contributed by atoms with Crippen molar-refractivity contribution in [3.63, 3.8) is 0 Å². The summed E-state index contributed by atoms with van der Waals surface area (Å²) < 4.78 is 58.5. The van der Waals surface area contributed by atoms with E-state index in [0.29, 0.717) is 17.7 Å². The van der Waals surface area contributed by atoms with Gasteiger partial charge in [-0.1, -0.05) is 0 Å². The summed E-state index contributed by atoms with van der Waals surface area (Å²) in [7, 11) is 0. The van der Waals surface area contributed by atoms with Crippen LogP contribution in [0.25, 0.3) is 0 Å². The number of hydrogen-bond donors (Lipinski definition) is 2. The quantitative estimate of drug-likeness (QED) is 0.462. The molecule has 1 saturated carbocycles. The first-order valence-electron chi connectivity index (χ1n) is 9.64. The molecule has 0 aromatic heterocycles. The first-order valence-corrected chi connectivity index (χ1v) is 9.64. The van der Waals surface area contributed by atoms with Gasteiger partial charge in [0.25, 0.3) is 11.8 Å². The molecular weight excluding hydrogens is 424 g/mol. The number of halogens is 4. The van der Waals surface area contributed by atoms with Crippen molar-refractivity contribution in [1.29, 1.82) is 0 Å². The molecule has 1 atom stereocenters. The van der Waals surface area contributed by atoms with Crippen molar-refractivity contribution in [2.45, 2.75) is 25.1 Å². The molecule has 0 radical (unpaired) electrons. The number of rotatable bonds is 8. The number of nitrogens with two attached hydrogens (primary N) is 1. The third kappa shape index (κ3) is 6.14. The monoisotopic (exact) mass is 446 g/mol. The smallest absolute Gasteiger partial charge is 0.370 e. The van der Waals surface area contributed by atoms with Gasteiger partial charge in [-0.25, -0.2) is 4.39 Å². The van der Waals surface area contributed by atoms with Crippen LogP contribution in [-0.2, 0) is 19.1 Å². The normalized spacial score (nSPS) is 18.2. The van der Waals surface area contributed by atoms with Gasteiger partial charge < -0.3 is 20.7 Å². The summed E-state index contributed by atoms with van der Waals surface area (Å²) in [4.78, 5) is 38.2. The molecule has 1 saturated heterocycles. The van der Waals surface area contributed by atoms with Gasteiger partial charge in [0.2, 0.25) is 5.91 Å². The molecular formula is C19H22F4N4O4. The molecule has 1 heterocycles. The summed E-state index contributed by atoms with van der Waals surface area (Å²) in [5, 5.41) is 2.25. The Bertz CT molecular complexity index is 860. The fraction of sp³-hybridized carbons (Fsp3) is 0.526. The van der Waals surface area contributed by atoms with Gasteiger partial charge in [0.05, 0.1) is 18.8 Å². The number of nitrogens with one attached hydrogen (secondary N) is 1. The highest BCUT2D eigenvalue weighted by molar-refractivity contribution is 6.09. The first kappa shape index (κ1) is 22.9. The van der Waals surface area contributed by atoms with Gasteiger partial charge in [0.1, 0.15) is 12.4 Å². The molecule has 12 heteroatoms. The van der Waals surface area contributed by atoms with Crippen LogP contribution >= 0.6 is 0 Å². The summed E-state index contributed by atoms with van der Waals surface area (Å²) in [6.07, 6.45) is -3.23. The number of nitrogens with zero attached hydrogens (tertiary/aromatic N) is 2. The van der Waals surface area contributed by atoms with Gasteiger partial charge >= 0.3 is 6.18 Å². The van der Waals surface area contributed by atoms with Crippen LogP contribution in [-0.4, -0.2) is 67.7 Å². The van der Waals surface area contributed by atoms with Crippen LogP contribution in [0.5, 0.6) is 0 Å². The zero-order valence-corrected chi connectivity index (χ0v) is 16.5. The van der Waals surface area contributed by atoms with E-state index in [0.717, 1.165) is 6.07 Å². The molecule has 8 nitrogen and oxygen atoms in total. The Balaban J connectivity index is 1.76. The van der Waals surface area contributed by atoms with Gasteiger partial charge in [0.15, 0.2) is 6.04 Å². The zero-order valence-electron chi connectivity index (χ0n) is 16.5. The Labute approximate surface area is 175 Å². The second kappa shape index (κ2) is 9.18. The third-order valence-electron chi connectivity index (χ3n) is 4.95. The van der Waals surface area contributed by atoms with E-state index in [1.54, 1.807) is 0 Å². The highest BCUT2D eigenvalue weighted by atomic mass is 19.4. The fourth-order valence-corrected chi connectivity index (χ4v) is 3.39. The molecule has 31 heavy (non-hydrogen) atoms. The summed E-state index contributed by atoms with van der Waals surface area (Å²) in [6, 6.07) is 1.59. The van der Waals surface area contributed by atoms with E-state index < -0.39 is 42.3 Å². The zero-order chi connectivity index (χ0) is 22.8. The van der Waals surface area contributed by atoms with Crippen molar-refractivity contribution < 1.29 is 36.7 Å². The number of hydrogen-bond acceptors (Lipinski definition) is 5. The van der Waals surface area contributed by atoms with Gasteiger partial charge in [-0.3, -0.25) is 19.3 Å². The Hall–Kier alpha value is -2.73. The summed E-state index contributed by atoms with van der Waals surface area (Å²) >= 11 is 0. The molecule has 0 spiro atoms. The highest BCUT2D eigenvalue weighted by Crippen LogP contribution is 2.32. The van der Waals surface area contributed by atoms with E-state index >= 15 is 0 Å². The fourth-order valence-electron chi connectivity index (χ4n) is 3.39. The molecule has 0 bridgehead atoms. The number of carbonyl (C=O) groups is 3. The van der Waals surface area contributed by atoms with Crippen molar-refractivity contribution in [2.75, 3.05) is 43.1 Å². The van der Waals surface area contributed by atoms with Crippen molar-refractivity contribution >= 4 is 29.1 Å². The number of morpholine rings is 1. The molecule has 3 rings (SSSR count). The maximum absolute atomic E-state index is 14.5. The van der Waals surface area contributed by atoms with E-state index in [2.05, 4.69) is 5.32 Å². The van der Waals surface area contributed by atoms with E-state index in [9.17, 15) is 31.9 Å². The van der Waals surface area contributed by atoms with Crippen LogP contribution in [0.2, 0.25) is 0 Å². The lowest BCUT2D eigenvalue weighted by molar-refractivity contribution is -0.157. The van der Waals surface area contributed by atoms with Crippen molar-refractivity contribution in [1.82, 2.24) is 4.90 Å². The Kier molecular flexibility index (Phi) is 6.80. The maximum atomic E-state index is 14.5. The second-order valence-electron chi connectivity index (χ2n) is 7.55. The van der Waals surface area contributed by atoms with E-state index in [1.165, 1.54) is 17.0 Å². The van der Waals surface area contributed by atoms with Crippen molar-refractivity contribution in [3.05, 3.63) is 24.0 Å². The van der Waals surface area contributed by atoms with Crippen molar-refractivity contribution in [3.8, 4) is 0 Å². The predicted octanol–water partition coefficient (Wildman–Crippen LogP) is 1.26. The highest BCUT2D eigenvalue weighted by Gasteiger charge is 2.41. The lowest BCUT2D eigenvalue weighted by Crippen LogP contribution is -2.55. The Morgan fingerprint density at radius 2 is 2.03 bits per heavy atom. The predicted molar refractivity (Wildman–Crippen MR) is 102 cm³/mol. The molecule has 1 aliphatic heterocycles. The van der Waals surface area contributed by atoms with Gasteiger partial charge in [-0.05, 0) is 37.0 Å². The largest absolute Gasteiger partial charge is 0.401 e. The minimum absolute atomic E-state index is 0.0230. The molecule has 3 amide bonds. The van der Waals surface area contributed by atoms with Crippen LogP contribution in [0.4, 0.5) is 28.9 Å². The minimum Gasteiger partial charge on any atom is -0.370 e. The van der Waals surface area contributed by atoms with Gasteiger partial charge in [0, 0.05) is 18.8 Å². The van der Waals surface area contributed by atoms with Crippen LogP contribution < -0.4 is 16.0 Å². The molecule has 1 aromatic rings. The maximum Gasteiger partial charge on any atom is 0.401 e. The Morgan fingerprint density at radius 1 is 1.32 bits per heavy atom. The van der Waals surface area contributed by atoms with Crippen LogP contribution in [0.3, 0.4) is 0 Å². The number of ether oxygens (including phenoxy) is 1. The lowest BCUT2D eigenvalue weighted by Gasteiger charge is -2.29. The third-order valence-corrected chi connectivity index (χ3v) is 4.95. The number of amides is 3. The SMILES string of the molecule is NC(=O)[C@H](C(=O)Nc1ccc(N2CCOCC2=O)c(F)c1)N(CC1CC1)CC(F)(F)F. The summed E-state index contributed by atoms with van der Waals surface area (Å²) in [6.45, 7) is -1.38. The molecule has 3 N–H and O–H groups in total. The molecule has 2 aliphatic rings. The van der Waals surface area contributed by atoms with Gasteiger partial charge in [-0.15, -0.1) is 0 Å². The Morgan fingerprint density at radius 3 is 2.58 bits per heavy atom. The van der Waals surface area contributed by atoms with Gasteiger partial charge in [-0.2, -0.15) is 13.2 Å². The average molecular weight is 446 g/mol. The molecule has 170 valence electrons. The average Bonchev–Trinajstić information content (AvgIpc) is 3.45. The number of alkyl halides is 3. The van der Waals surface area contributed by atoms with E-state index in [-0.39, 0.29) is 43.6 Å². The van der Waals surface area contributed by atoms with E-state index in [1.807, 2.05) is 0 Å². The number of carbonyl (C=O) groups excluding carboxylic acids is 3. The topological polar surface area (TPSA) is 105 Å². The van der Waals surface area contributed by atoms with E-state index in [4.69, 9.17) is 10.5 Å². The van der Waals surface area contributed by atoms with Crippen LogP contribution in [0.1, 0.15) is 12.8 Å².